The van der Waals surface area contributed by atoms with Crippen LogP contribution >= 0.6 is 23.8 Å². The molecule has 3 rings (SSSR count). The molecule has 6 nitrogen and oxygen atoms in total. The number of ether oxygens (including phenoxy) is 3. The lowest BCUT2D eigenvalue weighted by atomic mass is 9.96. The molecule has 0 bridgehead atoms. The number of methoxy groups -OCH3 is 2. The lowest BCUT2D eigenvalue weighted by molar-refractivity contribution is -0.140. The molecule has 2 aromatic carbocycles. The fourth-order valence-electron chi connectivity index (χ4n) is 3.30. The number of carbonyl (C=O) groups is 1. The Morgan fingerprint density at radius 2 is 1.97 bits per heavy atom. The van der Waals surface area contributed by atoms with Crippen molar-refractivity contribution in [2.75, 3.05) is 19.5 Å². The second kappa shape index (κ2) is 8.89. The maximum atomic E-state index is 13.4. The van der Waals surface area contributed by atoms with Crippen molar-refractivity contribution in [1.82, 2.24) is 0 Å². The summed E-state index contributed by atoms with van der Waals surface area (Å²) in [5, 5.41) is 11.4. The number of fused-ring (bicyclic) bond motifs is 1. The van der Waals surface area contributed by atoms with Gasteiger partial charge < -0.3 is 24.6 Å². The number of anilines is 1. The molecule has 1 aliphatic rings. The summed E-state index contributed by atoms with van der Waals surface area (Å²) in [6, 6.07) is 6.87. The zero-order valence-corrected chi connectivity index (χ0v) is 17.8. The summed E-state index contributed by atoms with van der Waals surface area (Å²) in [7, 11) is 2.83. The fourth-order valence-corrected chi connectivity index (χ4v) is 3.83. The van der Waals surface area contributed by atoms with Crippen LogP contribution in [0.2, 0.25) is 5.02 Å². The number of alkyl halides is 3. The number of benzene rings is 2. The minimum Gasteiger partial charge on any atom is -0.493 e. The number of para-hydroxylation sites is 1. The summed E-state index contributed by atoms with van der Waals surface area (Å²) >= 11 is 11.2. The van der Waals surface area contributed by atoms with Gasteiger partial charge in [0, 0.05) is 16.8 Å². The highest BCUT2D eigenvalue weighted by Gasteiger charge is 2.38. The molecule has 0 aliphatic carbocycles. The van der Waals surface area contributed by atoms with Gasteiger partial charge in [-0.25, -0.2) is 0 Å². The van der Waals surface area contributed by atoms with Gasteiger partial charge in [0.1, 0.15) is 17.2 Å². The monoisotopic (exact) mass is 475 g/mol. The first-order valence-corrected chi connectivity index (χ1v) is 9.65. The first-order valence-electron chi connectivity index (χ1n) is 8.86. The van der Waals surface area contributed by atoms with Gasteiger partial charge in [-0.2, -0.15) is 13.2 Å². The highest BCUT2D eigenvalue weighted by atomic mass is 35.5. The molecule has 2 N–H and O–H groups in total. The highest BCUT2D eigenvalue weighted by Crippen LogP contribution is 2.46. The Kier molecular flexibility index (Phi) is 6.63. The van der Waals surface area contributed by atoms with Crippen molar-refractivity contribution in [2.45, 2.75) is 24.8 Å². The SMILES string of the molecule is COc1cccc([C@@H]2O[C@@H](CC(=O)O)C(=S)Nc3cc(C(F)(F)F)c(Cl)cc32)c1OC. The Bertz CT molecular complexity index is 1030. The van der Waals surface area contributed by atoms with E-state index in [1.807, 2.05) is 0 Å². The maximum absolute atomic E-state index is 13.4. The number of aliphatic carboxylic acids is 1. The molecular weight excluding hydrogens is 459 g/mol. The molecule has 0 amide bonds. The minimum absolute atomic E-state index is 0.00415. The molecule has 166 valence electrons. The van der Waals surface area contributed by atoms with Crippen molar-refractivity contribution in [1.29, 1.82) is 0 Å². The van der Waals surface area contributed by atoms with Gasteiger partial charge in [-0.3, -0.25) is 4.79 Å². The van der Waals surface area contributed by atoms with E-state index in [0.29, 0.717) is 11.3 Å². The van der Waals surface area contributed by atoms with Crippen LogP contribution in [0.15, 0.2) is 30.3 Å². The Hall–Kier alpha value is -2.56. The van der Waals surface area contributed by atoms with Gasteiger partial charge in [0.15, 0.2) is 11.5 Å². The van der Waals surface area contributed by atoms with Crippen molar-refractivity contribution in [3.05, 3.63) is 52.0 Å². The average molecular weight is 476 g/mol. The molecular formula is C20H17ClF3NO5S. The topological polar surface area (TPSA) is 77.0 Å². The third kappa shape index (κ3) is 4.70. The molecule has 0 fully saturated rings. The number of carboxylic acids is 1. The quantitative estimate of drug-likeness (QED) is 0.584. The summed E-state index contributed by atoms with van der Waals surface area (Å²) in [4.78, 5) is 11.3. The first-order chi connectivity index (χ1) is 14.6. The second-order valence-electron chi connectivity index (χ2n) is 6.59. The van der Waals surface area contributed by atoms with Crippen LogP contribution in [0, 0.1) is 0 Å². The number of hydrogen-bond donors (Lipinski definition) is 2. The van der Waals surface area contributed by atoms with Gasteiger partial charge in [-0.15, -0.1) is 0 Å². The van der Waals surface area contributed by atoms with Gasteiger partial charge in [0.2, 0.25) is 0 Å². The summed E-state index contributed by atoms with van der Waals surface area (Å²) in [6.45, 7) is 0. The zero-order chi connectivity index (χ0) is 22.9. The van der Waals surface area contributed by atoms with Crippen LogP contribution in [-0.2, 0) is 15.7 Å². The van der Waals surface area contributed by atoms with Crippen molar-refractivity contribution >= 4 is 40.5 Å². The molecule has 0 unspecified atom stereocenters. The third-order valence-electron chi connectivity index (χ3n) is 4.65. The predicted molar refractivity (Wildman–Crippen MR) is 111 cm³/mol. The van der Waals surface area contributed by atoms with E-state index >= 15 is 0 Å². The van der Waals surface area contributed by atoms with Crippen molar-refractivity contribution in [3.63, 3.8) is 0 Å². The van der Waals surface area contributed by atoms with E-state index in [9.17, 15) is 23.1 Å². The zero-order valence-electron chi connectivity index (χ0n) is 16.2. The molecule has 11 heteroatoms. The molecule has 31 heavy (non-hydrogen) atoms. The summed E-state index contributed by atoms with van der Waals surface area (Å²) in [6.07, 6.45) is -7.36. The highest BCUT2D eigenvalue weighted by molar-refractivity contribution is 7.80. The normalized spacial score (nSPS) is 18.6. The Balaban J connectivity index is 2.25. The average Bonchev–Trinajstić information content (AvgIpc) is 2.82. The van der Waals surface area contributed by atoms with E-state index in [-0.39, 0.29) is 22.0 Å². The standard InChI is InChI=1S/C20H17ClF3NO5S/c1-28-14-5-3-4-9(18(14)29-2)17-10-6-12(21)11(20(22,23)24)7-13(10)25-19(31)15(30-17)8-16(26)27/h3-7,15,17H,8H2,1-2H3,(H,25,31)(H,26,27)/t15-,17-/m0/s1. The molecule has 0 saturated heterocycles. The van der Waals surface area contributed by atoms with E-state index in [1.165, 1.54) is 14.2 Å². The van der Waals surface area contributed by atoms with Gasteiger partial charge in [0.25, 0.3) is 0 Å². The Morgan fingerprint density at radius 1 is 1.26 bits per heavy atom. The maximum Gasteiger partial charge on any atom is 0.417 e. The number of nitrogens with one attached hydrogen (secondary N) is 1. The van der Waals surface area contributed by atoms with Crippen molar-refractivity contribution in [3.8, 4) is 11.5 Å². The minimum atomic E-state index is -4.70. The molecule has 2 atom stereocenters. The van der Waals surface area contributed by atoms with E-state index in [4.69, 9.17) is 38.0 Å². The number of halogens is 4. The van der Waals surface area contributed by atoms with Crippen molar-refractivity contribution in [2.24, 2.45) is 0 Å². The van der Waals surface area contributed by atoms with E-state index in [2.05, 4.69) is 5.32 Å². The smallest absolute Gasteiger partial charge is 0.417 e. The first kappa shape index (κ1) is 23.1. The second-order valence-corrected chi connectivity index (χ2v) is 7.44. The molecule has 0 spiro atoms. The lowest BCUT2D eigenvalue weighted by Gasteiger charge is -2.24. The van der Waals surface area contributed by atoms with Crippen molar-refractivity contribution < 1.29 is 37.3 Å². The number of hydrogen-bond acceptors (Lipinski definition) is 5. The molecule has 2 aromatic rings. The van der Waals surface area contributed by atoms with E-state index in [0.717, 1.165) is 12.1 Å². The van der Waals surface area contributed by atoms with Crippen LogP contribution in [0.5, 0.6) is 11.5 Å². The molecule has 0 aromatic heterocycles. The summed E-state index contributed by atoms with van der Waals surface area (Å²) < 4.78 is 57.0. The van der Waals surface area contributed by atoms with Gasteiger partial charge >= 0.3 is 12.1 Å². The number of thiocarbonyl (C=S) groups is 1. The van der Waals surface area contributed by atoms with E-state index in [1.54, 1.807) is 18.2 Å². The van der Waals surface area contributed by atoms with Crippen LogP contribution in [0.3, 0.4) is 0 Å². The Labute approximate surface area is 185 Å². The number of rotatable bonds is 5. The van der Waals surface area contributed by atoms with Crippen LogP contribution in [0.1, 0.15) is 29.2 Å². The molecule has 1 heterocycles. The van der Waals surface area contributed by atoms with Crippen LogP contribution < -0.4 is 14.8 Å². The lowest BCUT2D eigenvalue weighted by Crippen LogP contribution is -2.30. The summed E-state index contributed by atoms with van der Waals surface area (Å²) in [5.74, 6) is -0.554. The van der Waals surface area contributed by atoms with Crippen LogP contribution in [0.4, 0.5) is 18.9 Å². The third-order valence-corrected chi connectivity index (χ3v) is 5.33. The van der Waals surface area contributed by atoms with Gasteiger partial charge in [0.05, 0.1) is 31.2 Å². The van der Waals surface area contributed by atoms with Gasteiger partial charge in [-0.05, 0) is 18.2 Å². The van der Waals surface area contributed by atoms with E-state index < -0.39 is 41.4 Å². The Morgan fingerprint density at radius 3 is 2.55 bits per heavy atom. The van der Waals surface area contributed by atoms with Crippen LogP contribution in [0.25, 0.3) is 0 Å². The predicted octanol–water partition coefficient (Wildman–Crippen LogP) is 5.08. The number of carboxylic acid groups (broad SMARTS) is 1. The van der Waals surface area contributed by atoms with Crippen LogP contribution in [-0.4, -0.2) is 36.4 Å². The molecule has 0 saturated carbocycles. The largest absolute Gasteiger partial charge is 0.493 e. The molecule has 1 aliphatic heterocycles. The van der Waals surface area contributed by atoms with Gasteiger partial charge in [-0.1, -0.05) is 36.0 Å². The fraction of sp³-hybridized carbons (Fsp3) is 0.300. The summed E-state index contributed by atoms with van der Waals surface area (Å²) in [5.41, 5.74) is -0.415. The molecule has 0 radical (unpaired) electrons.